The van der Waals surface area contributed by atoms with Crippen LogP contribution in [0.25, 0.3) is 0 Å². The quantitative estimate of drug-likeness (QED) is 0.685. The summed E-state index contributed by atoms with van der Waals surface area (Å²) in [5.74, 6) is 0.881. The molecule has 0 N–H and O–H groups in total. The number of methoxy groups -OCH3 is 2. The topological polar surface area (TPSA) is 44.8 Å². The van der Waals surface area contributed by atoms with Gasteiger partial charge in [-0.1, -0.05) is 26.3 Å². The van der Waals surface area contributed by atoms with Gasteiger partial charge in [-0.05, 0) is 37.0 Å². The SMILES string of the molecule is CCCCC(Oc1ccc(CC)cc1OC)C(=O)OC. The number of unbranched alkanes of at least 4 members (excludes halogenated alkanes) is 1. The van der Waals surface area contributed by atoms with E-state index in [9.17, 15) is 4.79 Å². The zero-order chi connectivity index (χ0) is 15.0. The van der Waals surface area contributed by atoms with Gasteiger partial charge in [-0.3, -0.25) is 0 Å². The molecule has 0 aliphatic carbocycles. The van der Waals surface area contributed by atoms with E-state index in [4.69, 9.17) is 14.2 Å². The van der Waals surface area contributed by atoms with Crippen molar-refractivity contribution < 1.29 is 19.0 Å². The van der Waals surface area contributed by atoms with Crippen LogP contribution in [-0.4, -0.2) is 26.3 Å². The predicted octanol–water partition coefficient (Wildman–Crippen LogP) is 3.37. The van der Waals surface area contributed by atoms with E-state index in [2.05, 4.69) is 13.8 Å². The molecule has 0 aliphatic rings. The van der Waals surface area contributed by atoms with Gasteiger partial charge in [-0.15, -0.1) is 0 Å². The number of hydrogen-bond acceptors (Lipinski definition) is 4. The van der Waals surface area contributed by atoms with Gasteiger partial charge in [0.2, 0.25) is 0 Å². The van der Waals surface area contributed by atoms with Crippen LogP contribution in [-0.2, 0) is 16.0 Å². The second-order valence-electron chi connectivity index (χ2n) is 4.61. The van der Waals surface area contributed by atoms with E-state index in [1.54, 1.807) is 7.11 Å². The molecule has 0 radical (unpaired) electrons. The zero-order valence-corrected chi connectivity index (χ0v) is 12.8. The smallest absolute Gasteiger partial charge is 0.347 e. The van der Waals surface area contributed by atoms with Crippen molar-refractivity contribution in [3.05, 3.63) is 23.8 Å². The molecule has 1 unspecified atom stereocenters. The highest BCUT2D eigenvalue weighted by Crippen LogP contribution is 2.30. The molecule has 0 saturated carbocycles. The molecule has 0 fully saturated rings. The Hall–Kier alpha value is -1.71. The third-order valence-electron chi connectivity index (χ3n) is 3.19. The lowest BCUT2D eigenvalue weighted by Crippen LogP contribution is -2.28. The summed E-state index contributed by atoms with van der Waals surface area (Å²) in [5, 5.41) is 0. The van der Waals surface area contributed by atoms with Crippen LogP contribution < -0.4 is 9.47 Å². The molecule has 0 heterocycles. The molecule has 1 aromatic carbocycles. The maximum atomic E-state index is 11.8. The molecule has 20 heavy (non-hydrogen) atoms. The molecule has 0 aliphatic heterocycles. The number of benzene rings is 1. The molecule has 0 aromatic heterocycles. The molecule has 112 valence electrons. The number of carbonyl (C=O) groups excluding carboxylic acids is 1. The number of ether oxygens (including phenoxy) is 3. The highest BCUT2D eigenvalue weighted by atomic mass is 16.6. The Morgan fingerprint density at radius 1 is 1.20 bits per heavy atom. The van der Waals surface area contributed by atoms with Gasteiger partial charge in [0.05, 0.1) is 14.2 Å². The summed E-state index contributed by atoms with van der Waals surface area (Å²) >= 11 is 0. The Morgan fingerprint density at radius 2 is 1.95 bits per heavy atom. The summed E-state index contributed by atoms with van der Waals surface area (Å²) in [6.07, 6.45) is 2.90. The normalized spacial score (nSPS) is 11.8. The number of rotatable bonds is 8. The molecule has 1 rings (SSSR count). The summed E-state index contributed by atoms with van der Waals surface area (Å²) in [5.41, 5.74) is 1.16. The Balaban J connectivity index is 2.89. The number of esters is 1. The van der Waals surface area contributed by atoms with Crippen LogP contribution in [0.3, 0.4) is 0 Å². The van der Waals surface area contributed by atoms with E-state index in [1.807, 2.05) is 18.2 Å². The Bertz CT molecular complexity index is 428. The van der Waals surface area contributed by atoms with Gasteiger partial charge < -0.3 is 14.2 Å². The molecular formula is C16H24O4. The molecule has 4 nitrogen and oxygen atoms in total. The van der Waals surface area contributed by atoms with Gasteiger partial charge in [0.15, 0.2) is 17.6 Å². The van der Waals surface area contributed by atoms with Crippen molar-refractivity contribution in [1.29, 1.82) is 0 Å². The van der Waals surface area contributed by atoms with E-state index in [0.29, 0.717) is 17.9 Å². The fourth-order valence-corrected chi connectivity index (χ4v) is 1.93. The van der Waals surface area contributed by atoms with Crippen molar-refractivity contribution in [2.24, 2.45) is 0 Å². The third-order valence-corrected chi connectivity index (χ3v) is 3.19. The van der Waals surface area contributed by atoms with Crippen LogP contribution >= 0.6 is 0 Å². The van der Waals surface area contributed by atoms with Crippen LogP contribution in [0.15, 0.2) is 18.2 Å². The van der Waals surface area contributed by atoms with Crippen molar-refractivity contribution in [1.82, 2.24) is 0 Å². The minimum absolute atomic E-state index is 0.347. The first kappa shape index (κ1) is 16.3. The van der Waals surface area contributed by atoms with Crippen LogP contribution in [0.2, 0.25) is 0 Å². The third kappa shape index (κ3) is 4.44. The first-order valence-electron chi connectivity index (χ1n) is 7.07. The minimum atomic E-state index is -0.582. The average molecular weight is 280 g/mol. The molecule has 0 amide bonds. The van der Waals surface area contributed by atoms with Gasteiger partial charge in [0.25, 0.3) is 0 Å². The van der Waals surface area contributed by atoms with Crippen LogP contribution in [0.5, 0.6) is 11.5 Å². The molecule has 1 atom stereocenters. The van der Waals surface area contributed by atoms with Crippen molar-refractivity contribution in [3.8, 4) is 11.5 Å². The van der Waals surface area contributed by atoms with Gasteiger partial charge in [0, 0.05) is 0 Å². The summed E-state index contributed by atoms with van der Waals surface area (Å²) in [6, 6.07) is 5.76. The summed E-state index contributed by atoms with van der Waals surface area (Å²) < 4.78 is 15.9. The second-order valence-corrected chi connectivity index (χ2v) is 4.61. The largest absolute Gasteiger partial charge is 0.493 e. The van der Waals surface area contributed by atoms with Crippen molar-refractivity contribution in [2.45, 2.75) is 45.6 Å². The average Bonchev–Trinajstić information content (AvgIpc) is 2.50. The molecule has 0 bridgehead atoms. The van der Waals surface area contributed by atoms with Crippen LogP contribution in [0, 0.1) is 0 Å². The van der Waals surface area contributed by atoms with Gasteiger partial charge in [0.1, 0.15) is 0 Å². The number of carbonyl (C=O) groups is 1. The minimum Gasteiger partial charge on any atom is -0.493 e. The van der Waals surface area contributed by atoms with E-state index in [1.165, 1.54) is 7.11 Å². The van der Waals surface area contributed by atoms with E-state index in [-0.39, 0.29) is 5.97 Å². The van der Waals surface area contributed by atoms with Crippen molar-refractivity contribution >= 4 is 5.97 Å². The van der Waals surface area contributed by atoms with Crippen LogP contribution in [0.4, 0.5) is 0 Å². The lowest BCUT2D eigenvalue weighted by Gasteiger charge is -2.18. The van der Waals surface area contributed by atoms with E-state index < -0.39 is 6.10 Å². The molecular weight excluding hydrogens is 256 g/mol. The number of aryl methyl sites for hydroxylation is 1. The van der Waals surface area contributed by atoms with Crippen LogP contribution in [0.1, 0.15) is 38.7 Å². The molecule has 0 saturated heterocycles. The Labute approximate surface area is 121 Å². The Morgan fingerprint density at radius 3 is 2.50 bits per heavy atom. The first-order chi connectivity index (χ1) is 9.65. The second kappa shape index (κ2) is 8.46. The zero-order valence-electron chi connectivity index (χ0n) is 12.8. The van der Waals surface area contributed by atoms with Gasteiger partial charge >= 0.3 is 5.97 Å². The maximum absolute atomic E-state index is 11.8. The fourth-order valence-electron chi connectivity index (χ4n) is 1.93. The number of hydrogen-bond donors (Lipinski definition) is 0. The van der Waals surface area contributed by atoms with E-state index in [0.717, 1.165) is 24.8 Å². The van der Waals surface area contributed by atoms with Gasteiger partial charge in [-0.2, -0.15) is 0 Å². The van der Waals surface area contributed by atoms with E-state index >= 15 is 0 Å². The molecule has 4 heteroatoms. The first-order valence-corrected chi connectivity index (χ1v) is 7.07. The molecule has 0 spiro atoms. The van der Waals surface area contributed by atoms with Crippen molar-refractivity contribution in [2.75, 3.05) is 14.2 Å². The monoisotopic (exact) mass is 280 g/mol. The molecule has 1 aromatic rings. The lowest BCUT2D eigenvalue weighted by molar-refractivity contribution is -0.149. The van der Waals surface area contributed by atoms with Crippen molar-refractivity contribution in [3.63, 3.8) is 0 Å². The van der Waals surface area contributed by atoms with Gasteiger partial charge in [-0.25, -0.2) is 4.79 Å². The summed E-state index contributed by atoms with van der Waals surface area (Å²) in [4.78, 5) is 11.8. The fraction of sp³-hybridized carbons (Fsp3) is 0.562. The highest BCUT2D eigenvalue weighted by Gasteiger charge is 2.22. The highest BCUT2D eigenvalue weighted by molar-refractivity contribution is 5.75. The Kier molecular flexibility index (Phi) is 6.91. The lowest BCUT2D eigenvalue weighted by atomic mass is 10.1. The maximum Gasteiger partial charge on any atom is 0.347 e. The standard InChI is InChI=1S/C16H24O4/c1-5-7-8-14(16(17)19-4)20-13-10-9-12(6-2)11-15(13)18-3/h9-11,14H,5-8H2,1-4H3. The summed E-state index contributed by atoms with van der Waals surface area (Å²) in [7, 11) is 2.98. The predicted molar refractivity (Wildman–Crippen MR) is 78.3 cm³/mol. The summed E-state index contributed by atoms with van der Waals surface area (Å²) in [6.45, 7) is 4.15.